The molecule has 112 valence electrons. The van der Waals surface area contributed by atoms with Crippen LogP contribution in [0, 0.1) is 19.7 Å². The van der Waals surface area contributed by atoms with Gasteiger partial charge in [0.05, 0.1) is 10.6 Å². The number of hydrogen-bond donors (Lipinski definition) is 1. The fourth-order valence-corrected chi connectivity index (χ4v) is 3.28. The summed E-state index contributed by atoms with van der Waals surface area (Å²) in [5, 5.41) is 0. The maximum absolute atomic E-state index is 13.3. The summed E-state index contributed by atoms with van der Waals surface area (Å²) in [7, 11) is -2.40. The molecular weight excluding hydrogens is 291 g/mol. The van der Waals surface area contributed by atoms with Gasteiger partial charge in [-0.2, -0.15) is 0 Å². The second kappa shape index (κ2) is 5.37. The number of hydrogen-bond acceptors (Lipinski definition) is 3. The standard InChI is InChI=1S/C15H17FN2O2S/c1-10-7-14(9-15(17)11(10)2)21(19,20)18(3)13-6-4-5-12(16)8-13/h4-9H,17H2,1-3H3. The summed E-state index contributed by atoms with van der Waals surface area (Å²) in [5.41, 5.74) is 8.15. The van der Waals surface area contributed by atoms with Crippen LogP contribution in [-0.4, -0.2) is 15.5 Å². The van der Waals surface area contributed by atoms with Gasteiger partial charge in [0.25, 0.3) is 10.0 Å². The first-order chi connectivity index (χ1) is 9.73. The van der Waals surface area contributed by atoms with E-state index < -0.39 is 15.8 Å². The number of rotatable bonds is 3. The third-order valence-electron chi connectivity index (χ3n) is 3.51. The summed E-state index contributed by atoms with van der Waals surface area (Å²) in [6.07, 6.45) is 0. The average molecular weight is 308 g/mol. The molecule has 0 atom stereocenters. The quantitative estimate of drug-likeness (QED) is 0.887. The molecule has 0 bridgehead atoms. The summed E-state index contributed by atoms with van der Waals surface area (Å²) >= 11 is 0. The van der Waals surface area contributed by atoms with Crippen molar-refractivity contribution in [3.63, 3.8) is 0 Å². The fourth-order valence-electron chi connectivity index (χ4n) is 1.97. The molecule has 0 radical (unpaired) electrons. The highest BCUT2D eigenvalue weighted by Gasteiger charge is 2.22. The Bertz CT molecular complexity index is 765. The van der Waals surface area contributed by atoms with E-state index in [0.29, 0.717) is 5.69 Å². The molecule has 0 unspecified atom stereocenters. The number of nitrogens with zero attached hydrogens (tertiary/aromatic N) is 1. The lowest BCUT2D eigenvalue weighted by Crippen LogP contribution is -2.26. The van der Waals surface area contributed by atoms with E-state index in [4.69, 9.17) is 5.73 Å². The highest BCUT2D eigenvalue weighted by molar-refractivity contribution is 7.92. The van der Waals surface area contributed by atoms with Gasteiger partial charge in [0.15, 0.2) is 0 Å². The Morgan fingerprint density at radius 2 is 1.81 bits per heavy atom. The zero-order valence-corrected chi connectivity index (χ0v) is 12.9. The molecule has 0 saturated carbocycles. The third kappa shape index (κ3) is 2.85. The Kier molecular flexibility index (Phi) is 3.91. The van der Waals surface area contributed by atoms with Crippen LogP contribution < -0.4 is 10.0 Å². The molecule has 0 fully saturated rings. The van der Waals surface area contributed by atoms with E-state index in [1.165, 1.54) is 37.4 Å². The fraction of sp³-hybridized carbons (Fsp3) is 0.200. The number of aryl methyl sites for hydroxylation is 1. The van der Waals surface area contributed by atoms with Crippen molar-refractivity contribution in [2.24, 2.45) is 0 Å². The zero-order valence-electron chi connectivity index (χ0n) is 12.1. The number of anilines is 2. The van der Waals surface area contributed by atoms with Crippen molar-refractivity contribution >= 4 is 21.4 Å². The normalized spacial score (nSPS) is 11.4. The first kappa shape index (κ1) is 15.3. The molecule has 0 aromatic heterocycles. The molecule has 0 aliphatic rings. The molecule has 2 N–H and O–H groups in total. The topological polar surface area (TPSA) is 63.4 Å². The molecule has 0 saturated heterocycles. The predicted octanol–water partition coefficient (Wildman–Crippen LogP) is 2.85. The molecule has 0 aliphatic heterocycles. The van der Waals surface area contributed by atoms with Crippen LogP contribution in [0.4, 0.5) is 15.8 Å². The lowest BCUT2D eigenvalue weighted by molar-refractivity contribution is 0.594. The van der Waals surface area contributed by atoms with Gasteiger partial charge >= 0.3 is 0 Å². The van der Waals surface area contributed by atoms with Crippen LogP contribution in [0.2, 0.25) is 0 Å². The van der Waals surface area contributed by atoms with Crippen molar-refractivity contribution < 1.29 is 12.8 Å². The van der Waals surface area contributed by atoms with E-state index in [2.05, 4.69) is 0 Å². The number of nitrogens with two attached hydrogens (primary N) is 1. The molecule has 2 aromatic carbocycles. The lowest BCUT2D eigenvalue weighted by Gasteiger charge is -2.20. The van der Waals surface area contributed by atoms with Crippen LogP contribution in [0.25, 0.3) is 0 Å². The van der Waals surface area contributed by atoms with Crippen molar-refractivity contribution in [1.82, 2.24) is 0 Å². The van der Waals surface area contributed by atoms with Crippen LogP contribution in [-0.2, 0) is 10.0 Å². The Morgan fingerprint density at radius 1 is 1.14 bits per heavy atom. The average Bonchev–Trinajstić information content (AvgIpc) is 2.43. The van der Waals surface area contributed by atoms with E-state index in [9.17, 15) is 12.8 Å². The van der Waals surface area contributed by atoms with Crippen LogP contribution >= 0.6 is 0 Å². The van der Waals surface area contributed by atoms with Crippen molar-refractivity contribution in [2.75, 3.05) is 17.1 Å². The highest BCUT2D eigenvalue weighted by Crippen LogP contribution is 2.26. The first-order valence-electron chi connectivity index (χ1n) is 6.34. The number of halogens is 1. The minimum absolute atomic E-state index is 0.0925. The molecule has 6 heteroatoms. The summed E-state index contributed by atoms with van der Waals surface area (Å²) in [5.74, 6) is -0.492. The zero-order chi connectivity index (χ0) is 15.8. The van der Waals surface area contributed by atoms with Crippen LogP contribution in [0.3, 0.4) is 0 Å². The van der Waals surface area contributed by atoms with Gasteiger partial charge in [-0.1, -0.05) is 6.07 Å². The minimum Gasteiger partial charge on any atom is -0.398 e. The molecule has 0 amide bonds. The lowest BCUT2D eigenvalue weighted by atomic mass is 10.1. The van der Waals surface area contributed by atoms with Crippen molar-refractivity contribution in [3.05, 3.63) is 53.3 Å². The second-order valence-electron chi connectivity index (χ2n) is 4.91. The van der Waals surface area contributed by atoms with Crippen molar-refractivity contribution in [3.8, 4) is 0 Å². The van der Waals surface area contributed by atoms with Crippen LogP contribution in [0.5, 0.6) is 0 Å². The van der Waals surface area contributed by atoms with Gasteiger partial charge in [-0.15, -0.1) is 0 Å². The van der Waals surface area contributed by atoms with Gasteiger partial charge in [-0.25, -0.2) is 12.8 Å². The van der Waals surface area contributed by atoms with E-state index in [1.807, 2.05) is 6.92 Å². The monoisotopic (exact) mass is 308 g/mol. The van der Waals surface area contributed by atoms with E-state index >= 15 is 0 Å². The van der Waals surface area contributed by atoms with Gasteiger partial charge in [0.1, 0.15) is 5.82 Å². The molecule has 2 rings (SSSR count). The van der Waals surface area contributed by atoms with Crippen molar-refractivity contribution in [1.29, 1.82) is 0 Å². The third-order valence-corrected chi connectivity index (χ3v) is 5.27. The number of nitrogen functional groups attached to an aromatic ring is 1. The van der Waals surface area contributed by atoms with Crippen molar-refractivity contribution in [2.45, 2.75) is 18.7 Å². The van der Waals surface area contributed by atoms with Crippen LogP contribution in [0.15, 0.2) is 41.3 Å². The number of benzene rings is 2. The van der Waals surface area contributed by atoms with E-state index in [1.54, 1.807) is 13.0 Å². The minimum atomic E-state index is -3.78. The molecule has 4 nitrogen and oxygen atoms in total. The van der Waals surface area contributed by atoms with Gasteiger partial charge < -0.3 is 5.73 Å². The summed E-state index contributed by atoms with van der Waals surface area (Å²) in [6.45, 7) is 3.63. The molecule has 2 aromatic rings. The molecular formula is C15H17FN2O2S. The van der Waals surface area contributed by atoms with Gasteiger partial charge in [0.2, 0.25) is 0 Å². The van der Waals surface area contributed by atoms with Gasteiger partial charge in [-0.3, -0.25) is 4.31 Å². The smallest absolute Gasteiger partial charge is 0.264 e. The SMILES string of the molecule is Cc1cc(S(=O)(=O)N(C)c2cccc(F)c2)cc(N)c1C. The van der Waals surface area contributed by atoms with Crippen LogP contribution in [0.1, 0.15) is 11.1 Å². The van der Waals surface area contributed by atoms with E-state index in [0.717, 1.165) is 15.4 Å². The Labute approximate surface area is 124 Å². The summed E-state index contributed by atoms with van der Waals surface area (Å²) < 4.78 is 39.5. The second-order valence-corrected chi connectivity index (χ2v) is 6.88. The van der Waals surface area contributed by atoms with E-state index in [-0.39, 0.29) is 10.6 Å². The molecule has 0 aliphatic carbocycles. The van der Waals surface area contributed by atoms with Gasteiger partial charge in [0, 0.05) is 12.7 Å². The summed E-state index contributed by atoms with van der Waals surface area (Å²) in [4.78, 5) is 0.0925. The highest BCUT2D eigenvalue weighted by atomic mass is 32.2. The molecule has 0 heterocycles. The maximum Gasteiger partial charge on any atom is 0.264 e. The van der Waals surface area contributed by atoms with Gasteiger partial charge in [-0.05, 0) is 55.3 Å². The predicted molar refractivity (Wildman–Crippen MR) is 82.3 cm³/mol. The Balaban J connectivity index is 2.52. The number of sulfonamides is 1. The Hall–Kier alpha value is -2.08. The Morgan fingerprint density at radius 3 is 2.38 bits per heavy atom. The molecule has 0 spiro atoms. The first-order valence-corrected chi connectivity index (χ1v) is 7.78. The maximum atomic E-state index is 13.3. The summed E-state index contributed by atoms with van der Waals surface area (Å²) in [6, 6.07) is 8.42. The molecule has 21 heavy (non-hydrogen) atoms. The largest absolute Gasteiger partial charge is 0.398 e.